The van der Waals surface area contributed by atoms with Crippen molar-refractivity contribution in [1.82, 2.24) is 15.2 Å². The molecule has 2 N–H and O–H groups in total. The third-order valence-electron chi connectivity index (χ3n) is 5.71. The van der Waals surface area contributed by atoms with Crippen molar-refractivity contribution in [3.63, 3.8) is 0 Å². The van der Waals surface area contributed by atoms with E-state index < -0.39 is 0 Å². The van der Waals surface area contributed by atoms with Crippen LogP contribution in [0.4, 0.5) is 0 Å². The van der Waals surface area contributed by atoms with Crippen molar-refractivity contribution in [2.75, 3.05) is 0 Å². The van der Waals surface area contributed by atoms with Crippen LogP contribution in [-0.2, 0) is 19.5 Å². The number of carbonyl (C=O) groups excluding carboxylic acids is 2. The number of fused-ring (bicyclic) bond motifs is 1. The molecule has 2 amide bonds. The summed E-state index contributed by atoms with van der Waals surface area (Å²) in [7, 11) is 0. The van der Waals surface area contributed by atoms with Gasteiger partial charge < -0.3 is 15.2 Å². The lowest BCUT2D eigenvalue weighted by atomic mass is 10.1. The van der Waals surface area contributed by atoms with E-state index in [1.54, 1.807) is 6.07 Å². The average molecular weight is 365 g/mol. The molecule has 0 bridgehead atoms. The Bertz CT molecular complexity index is 837. The molecule has 2 aliphatic rings. The van der Waals surface area contributed by atoms with Crippen molar-refractivity contribution in [1.29, 1.82) is 0 Å². The molecule has 142 valence electrons. The summed E-state index contributed by atoms with van der Waals surface area (Å²) < 4.78 is 2.05. The lowest BCUT2D eigenvalue weighted by molar-refractivity contribution is 0.0923. The highest BCUT2D eigenvalue weighted by Crippen LogP contribution is 2.32. The van der Waals surface area contributed by atoms with Crippen LogP contribution in [0.3, 0.4) is 0 Å². The van der Waals surface area contributed by atoms with Crippen molar-refractivity contribution < 1.29 is 9.59 Å². The smallest absolute Gasteiger partial charge is 0.268 e. The molecule has 1 saturated carbocycles. The molecule has 5 nitrogen and oxygen atoms in total. The van der Waals surface area contributed by atoms with Crippen LogP contribution in [0.1, 0.15) is 64.7 Å². The highest BCUT2D eigenvalue weighted by Gasteiger charge is 2.31. The minimum absolute atomic E-state index is 0.0559. The Morgan fingerprint density at radius 2 is 1.93 bits per heavy atom. The van der Waals surface area contributed by atoms with Crippen LogP contribution >= 0.6 is 0 Å². The van der Waals surface area contributed by atoms with Gasteiger partial charge in [0.1, 0.15) is 5.69 Å². The second kappa shape index (κ2) is 7.59. The third-order valence-corrected chi connectivity index (χ3v) is 5.71. The van der Waals surface area contributed by atoms with Crippen LogP contribution in [0.25, 0.3) is 0 Å². The van der Waals surface area contributed by atoms with Gasteiger partial charge in [0.05, 0.1) is 5.56 Å². The zero-order valence-electron chi connectivity index (χ0n) is 15.8. The summed E-state index contributed by atoms with van der Waals surface area (Å²) in [5.41, 5.74) is 3.34. The SMILES string of the molecule is C[C@H](NC(=O)c1cc(C(=O)NCc2ccccc2)c2n1CCCC2)C1CC1. The summed E-state index contributed by atoms with van der Waals surface area (Å²) in [6.07, 6.45) is 5.34. The lowest BCUT2D eigenvalue weighted by Gasteiger charge is -2.20. The summed E-state index contributed by atoms with van der Waals surface area (Å²) in [5.74, 6) is 0.455. The first-order valence-corrected chi connectivity index (χ1v) is 9.99. The Balaban J connectivity index is 1.52. The summed E-state index contributed by atoms with van der Waals surface area (Å²) in [5, 5.41) is 6.13. The van der Waals surface area contributed by atoms with E-state index in [1.165, 1.54) is 12.8 Å². The van der Waals surface area contributed by atoms with Gasteiger partial charge in [-0.3, -0.25) is 9.59 Å². The number of benzene rings is 1. The van der Waals surface area contributed by atoms with Crippen LogP contribution in [0.2, 0.25) is 0 Å². The molecule has 0 spiro atoms. The van der Waals surface area contributed by atoms with E-state index in [2.05, 4.69) is 22.1 Å². The number of nitrogens with one attached hydrogen (secondary N) is 2. The van der Waals surface area contributed by atoms with Crippen molar-refractivity contribution in [3.8, 4) is 0 Å². The molecule has 2 heterocycles. The van der Waals surface area contributed by atoms with Gasteiger partial charge in [-0.25, -0.2) is 0 Å². The highest BCUT2D eigenvalue weighted by atomic mass is 16.2. The molecule has 0 unspecified atom stereocenters. The van der Waals surface area contributed by atoms with Crippen molar-refractivity contribution in [2.45, 2.75) is 58.2 Å². The molecule has 1 atom stereocenters. The third kappa shape index (κ3) is 3.92. The van der Waals surface area contributed by atoms with Gasteiger partial charge >= 0.3 is 0 Å². The Morgan fingerprint density at radius 1 is 1.15 bits per heavy atom. The van der Waals surface area contributed by atoms with Crippen molar-refractivity contribution in [3.05, 3.63) is 58.9 Å². The summed E-state index contributed by atoms with van der Waals surface area (Å²) in [6, 6.07) is 11.9. The van der Waals surface area contributed by atoms with E-state index in [1.807, 2.05) is 30.3 Å². The van der Waals surface area contributed by atoms with E-state index in [-0.39, 0.29) is 17.9 Å². The molecule has 1 fully saturated rings. The maximum atomic E-state index is 12.8. The second-order valence-electron chi connectivity index (χ2n) is 7.77. The van der Waals surface area contributed by atoms with Crippen LogP contribution < -0.4 is 10.6 Å². The van der Waals surface area contributed by atoms with E-state index >= 15 is 0 Å². The van der Waals surface area contributed by atoms with Gasteiger partial charge in [-0.15, -0.1) is 0 Å². The van der Waals surface area contributed by atoms with E-state index in [0.29, 0.717) is 23.7 Å². The number of rotatable bonds is 6. The number of aromatic nitrogens is 1. The second-order valence-corrected chi connectivity index (χ2v) is 7.77. The molecular weight excluding hydrogens is 338 g/mol. The molecule has 1 aromatic heterocycles. The molecule has 1 aromatic carbocycles. The minimum atomic E-state index is -0.0983. The Kier molecular flexibility index (Phi) is 5.01. The number of hydrogen-bond acceptors (Lipinski definition) is 2. The monoisotopic (exact) mass is 365 g/mol. The molecule has 2 aromatic rings. The highest BCUT2D eigenvalue weighted by molar-refractivity contribution is 6.00. The molecule has 0 radical (unpaired) electrons. The minimum Gasteiger partial charge on any atom is -0.348 e. The first kappa shape index (κ1) is 17.8. The Morgan fingerprint density at radius 3 is 2.67 bits per heavy atom. The van der Waals surface area contributed by atoms with Gasteiger partial charge in [-0.1, -0.05) is 30.3 Å². The topological polar surface area (TPSA) is 63.1 Å². The fourth-order valence-electron chi connectivity index (χ4n) is 3.93. The van der Waals surface area contributed by atoms with Gasteiger partial charge in [-0.05, 0) is 56.6 Å². The van der Waals surface area contributed by atoms with Gasteiger partial charge in [0.25, 0.3) is 11.8 Å². The number of nitrogens with zero attached hydrogens (tertiary/aromatic N) is 1. The van der Waals surface area contributed by atoms with Crippen LogP contribution in [-0.4, -0.2) is 22.4 Å². The quantitative estimate of drug-likeness (QED) is 0.825. The first-order chi connectivity index (χ1) is 13.1. The van der Waals surface area contributed by atoms with Gasteiger partial charge in [0, 0.05) is 24.8 Å². The van der Waals surface area contributed by atoms with Gasteiger partial charge in [0.15, 0.2) is 0 Å². The molecule has 5 heteroatoms. The van der Waals surface area contributed by atoms with Crippen molar-refractivity contribution >= 4 is 11.8 Å². The average Bonchev–Trinajstić information content (AvgIpc) is 3.47. The summed E-state index contributed by atoms with van der Waals surface area (Å²) in [4.78, 5) is 25.6. The molecular formula is C22H27N3O2. The zero-order valence-corrected chi connectivity index (χ0v) is 15.8. The number of hydrogen-bond donors (Lipinski definition) is 2. The fraction of sp³-hybridized carbons (Fsp3) is 0.455. The summed E-state index contributed by atoms with van der Waals surface area (Å²) >= 11 is 0. The van der Waals surface area contributed by atoms with Gasteiger partial charge in [-0.2, -0.15) is 0 Å². The largest absolute Gasteiger partial charge is 0.348 e. The summed E-state index contributed by atoms with van der Waals surface area (Å²) in [6.45, 7) is 3.37. The predicted octanol–water partition coefficient (Wildman–Crippen LogP) is 3.28. The van der Waals surface area contributed by atoms with Crippen molar-refractivity contribution in [2.24, 2.45) is 5.92 Å². The predicted molar refractivity (Wildman–Crippen MR) is 105 cm³/mol. The Labute approximate surface area is 160 Å². The number of amides is 2. The first-order valence-electron chi connectivity index (χ1n) is 9.99. The van der Waals surface area contributed by atoms with E-state index in [9.17, 15) is 9.59 Å². The normalized spacial score (nSPS) is 17.1. The maximum absolute atomic E-state index is 12.8. The molecule has 1 aliphatic carbocycles. The van der Waals surface area contributed by atoms with E-state index in [4.69, 9.17) is 0 Å². The molecule has 27 heavy (non-hydrogen) atoms. The standard InChI is InChI=1S/C22H27N3O2/c1-15(17-10-11-17)24-22(27)20-13-18(19-9-5-6-12-25(19)20)21(26)23-14-16-7-3-2-4-8-16/h2-4,7-8,13,15,17H,5-6,9-12,14H2,1H3,(H,23,26)(H,24,27)/t15-/m0/s1. The van der Waals surface area contributed by atoms with Crippen LogP contribution in [0, 0.1) is 5.92 Å². The fourth-order valence-corrected chi connectivity index (χ4v) is 3.93. The molecule has 4 rings (SSSR count). The van der Waals surface area contributed by atoms with E-state index in [0.717, 1.165) is 37.1 Å². The maximum Gasteiger partial charge on any atom is 0.268 e. The zero-order chi connectivity index (χ0) is 18.8. The Hall–Kier alpha value is -2.56. The molecule has 1 aliphatic heterocycles. The van der Waals surface area contributed by atoms with Crippen LogP contribution in [0.15, 0.2) is 36.4 Å². The van der Waals surface area contributed by atoms with Crippen LogP contribution in [0.5, 0.6) is 0 Å². The van der Waals surface area contributed by atoms with Gasteiger partial charge in [0.2, 0.25) is 0 Å². The number of carbonyl (C=O) groups is 2. The lowest BCUT2D eigenvalue weighted by Crippen LogP contribution is -2.35. The molecule has 0 saturated heterocycles.